The summed E-state index contributed by atoms with van der Waals surface area (Å²) in [4.78, 5) is 1.98. The van der Waals surface area contributed by atoms with Crippen LogP contribution in [0.3, 0.4) is 0 Å². The maximum absolute atomic E-state index is 5.27. The van der Waals surface area contributed by atoms with Gasteiger partial charge in [0.15, 0.2) is 0 Å². The molecule has 0 aromatic rings. The summed E-state index contributed by atoms with van der Waals surface area (Å²) in [6.07, 6.45) is 0. The standard InChI is InChI=1S/CH7BIN2/c1-3(5)2-4/h4-5H2,1H3. The van der Waals surface area contributed by atoms with E-state index in [9.17, 15) is 0 Å². The van der Waals surface area contributed by atoms with Crippen molar-refractivity contribution < 1.29 is 0 Å². The van der Waals surface area contributed by atoms with Crippen molar-refractivity contribution in [2.24, 2.45) is 9.59 Å². The molecule has 0 saturated carbocycles. The zero-order valence-electron chi connectivity index (χ0n) is 3.11. The Kier molecular flexibility index (Phi) is 3.35. The molecule has 0 atom stereocenters. The number of nitrogens with two attached hydrogens (primary N) is 2. The molecule has 0 bridgehead atoms. The Hall–Kier alpha value is 0.715. The molecule has 2 nitrogen and oxygen atoms in total. The van der Waals surface area contributed by atoms with Crippen molar-refractivity contribution in [3.05, 3.63) is 0 Å². The third-order valence-corrected chi connectivity index (χ3v) is 1.33. The van der Waals surface area contributed by atoms with Gasteiger partial charge in [0.1, 0.15) is 0 Å². The molecule has 0 spiro atoms. The predicted molar refractivity (Wildman–Crippen MR) is 34.1 cm³/mol. The van der Waals surface area contributed by atoms with Crippen molar-refractivity contribution in [2.45, 2.75) is 0 Å². The van der Waals surface area contributed by atoms with Crippen LogP contribution in [0.15, 0.2) is 0 Å². The monoisotopic (exact) mass is 185 g/mol. The van der Waals surface area contributed by atoms with Gasteiger partial charge in [-0.1, -0.05) is 0 Å². The Morgan fingerprint density at radius 2 is 2.00 bits per heavy atom. The van der Waals surface area contributed by atoms with E-state index >= 15 is 0 Å². The number of hydrogen-bond donors (Lipinski definition) is 2. The molecular weight excluding hydrogens is 178 g/mol. The Morgan fingerprint density at radius 1 is 1.80 bits per heavy atom. The van der Waals surface area contributed by atoms with Gasteiger partial charge in [-0.15, -0.1) is 0 Å². The molecule has 0 saturated heterocycles. The maximum atomic E-state index is 5.27. The van der Waals surface area contributed by atoms with E-state index in [1.165, 1.54) is 0 Å². The molecule has 0 heterocycles. The SMILES string of the molecule is CI(N)[B]N. The van der Waals surface area contributed by atoms with Crippen molar-refractivity contribution >= 4 is 25.1 Å². The van der Waals surface area contributed by atoms with Gasteiger partial charge in [-0.2, -0.15) is 0 Å². The first-order valence-electron chi connectivity index (χ1n) is 1.15. The van der Waals surface area contributed by atoms with Gasteiger partial charge in [-0.25, -0.2) is 0 Å². The predicted octanol–water partition coefficient (Wildman–Crippen LogP) is -0.511. The molecule has 0 amide bonds. The van der Waals surface area contributed by atoms with Gasteiger partial charge in [0, 0.05) is 0 Å². The topological polar surface area (TPSA) is 52.0 Å². The first-order chi connectivity index (χ1) is 2.27. The summed E-state index contributed by atoms with van der Waals surface area (Å²) in [5.74, 6) is 0. The van der Waals surface area contributed by atoms with Gasteiger partial charge in [0.2, 0.25) is 0 Å². The van der Waals surface area contributed by atoms with E-state index in [4.69, 9.17) is 9.59 Å². The van der Waals surface area contributed by atoms with Gasteiger partial charge < -0.3 is 0 Å². The summed E-state index contributed by atoms with van der Waals surface area (Å²) < 4.78 is 5.27. The van der Waals surface area contributed by atoms with Gasteiger partial charge >= 0.3 is 39.7 Å². The molecule has 4 heteroatoms. The molecular formula is CH7BIN2. The fourth-order valence-corrected chi connectivity index (χ4v) is 0. The molecule has 0 aliphatic heterocycles. The van der Waals surface area contributed by atoms with E-state index in [-0.39, 0.29) is 0 Å². The molecule has 0 fully saturated rings. The summed E-state index contributed by atoms with van der Waals surface area (Å²) in [6, 6.07) is 0. The van der Waals surface area contributed by atoms with Crippen LogP contribution in [-0.2, 0) is 0 Å². The van der Waals surface area contributed by atoms with Crippen molar-refractivity contribution in [1.82, 2.24) is 0 Å². The van der Waals surface area contributed by atoms with Crippen LogP contribution >= 0.6 is 19.9 Å². The first-order valence-corrected chi connectivity index (χ1v) is 5.80. The van der Waals surface area contributed by atoms with Crippen LogP contribution in [0.1, 0.15) is 0 Å². The third-order valence-electron chi connectivity index (χ3n) is 0.199. The second kappa shape index (κ2) is 2.93. The van der Waals surface area contributed by atoms with Crippen LogP contribution in [0.4, 0.5) is 0 Å². The molecule has 1 radical (unpaired) electrons. The van der Waals surface area contributed by atoms with Crippen molar-refractivity contribution in [1.29, 1.82) is 0 Å². The fraction of sp³-hybridized carbons (Fsp3) is 1.00. The van der Waals surface area contributed by atoms with Crippen LogP contribution in [0.2, 0.25) is 0 Å². The van der Waals surface area contributed by atoms with E-state index in [1.54, 1.807) is 5.27 Å². The average molecular weight is 185 g/mol. The van der Waals surface area contributed by atoms with Gasteiger partial charge in [-0.3, -0.25) is 0 Å². The molecule has 0 aliphatic carbocycles. The Morgan fingerprint density at radius 3 is 2.00 bits per heavy atom. The van der Waals surface area contributed by atoms with Crippen LogP contribution in [0, 0.1) is 0 Å². The quantitative estimate of drug-likeness (QED) is 0.250. The molecule has 31 valence electrons. The van der Waals surface area contributed by atoms with Crippen LogP contribution in [-0.4, -0.2) is 10.2 Å². The third kappa shape index (κ3) is 4.71. The Bertz CT molecular complexity index is 23.6. The molecule has 0 unspecified atom stereocenters. The van der Waals surface area contributed by atoms with Gasteiger partial charge in [0.25, 0.3) is 0 Å². The summed E-state index contributed by atoms with van der Waals surface area (Å²) in [6.45, 7) is 0. The summed E-state index contributed by atoms with van der Waals surface area (Å²) in [7, 11) is 0. The minimum atomic E-state index is -1.13. The fourth-order valence-electron chi connectivity index (χ4n) is 0. The number of hydrogen-bond acceptors (Lipinski definition) is 2. The molecule has 0 rings (SSSR count). The molecule has 4 N–H and O–H groups in total. The van der Waals surface area contributed by atoms with Crippen molar-refractivity contribution in [3.8, 4) is 0 Å². The molecule has 0 aromatic carbocycles. The summed E-state index contributed by atoms with van der Waals surface area (Å²) >= 11 is -1.13. The average Bonchev–Trinajstić information content (AvgIpc) is 1.38. The first kappa shape index (κ1) is 5.71. The summed E-state index contributed by atoms with van der Waals surface area (Å²) in [5, 5.41) is 1.60. The number of halogens is 1. The second-order valence-corrected chi connectivity index (χ2v) is 4.62. The van der Waals surface area contributed by atoms with Crippen molar-refractivity contribution in [2.75, 3.05) is 4.93 Å². The Balaban J connectivity index is 2.54. The zero-order valence-corrected chi connectivity index (χ0v) is 5.27. The van der Waals surface area contributed by atoms with Gasteiger partial charge in [-0.05, 0) is 0 Å². The number of alkyl halides is 1. The van der Waals surface area contributed by atoms with Crippen molar-refractivity contribution in [3.63, 3.8) is 0 Å². The van der Waals surface area contributed by atoms with E-state index in [0.29, 0.717) is 0 Å². The zero-order chi connectivity index (χ0) is 4.28. The van der Waals surface area contributed by atoms with E-state index < -0.39 is 19.9 Å². The molecule has 0 aliphatic rings. The van der Waals surface area contributed by atoms with E-state index in [1.807, 2.05) is 4.93 Å². The van der Waals surface area contributed by atoms with Crippen LogP contribution in [0.5, 0.6) is 0 Å². The minimum absolute atomic E-state index is 1.13. The molecule has 0 aromatic heterocycles. The normalized spacial score (nSPS) is 10.6. The second-order valence-electron chi connectivity index (χ2n) is 0.688. The number of rotatable bonds is 1. The van der Waals surface area contributed by atoms with Gasteiger partial charge in [0.05, 0.1) is 0 Å². The van der Waals surface area contributed by atoms with E-state index in [0.717, 1.165) is 0 Å². The molecule has 5 heavy (non-hydrogen) atoms. The van der Waals surface area contributed by atoms with E-state index in [2.05, 4.69) is 0 Å². The Labute approximate surface area is 40.0 Å². The summed E-state index contributed by atoms with van der Waals surface area (Å²) in [5.41, 5.74) is 4.99. The van der Waals surface area contributed by atoms with Crippen LogP contribution in [0.25, 0.3) is 0 Å². The van der Waals surface area contributed by atoms with Crippen LogP contribution < -0.4 is 9.59 Å².